The van der Waals surface area contributed by atoms with Gasteiger partial charge in [-0.1, -0.05) is 67.5 Å². The maximum atomic E-state index is 13.3. The van der Waals surface area contributed by atoms with E-state index in [1.165, 1.54) is 0 Å². The van der Waals surface area contributed by atoms with Gasteiger partial charge in [-0.2, -0.15) is 16.8 Å². The van der Waals surface area contributed by atoms with E-state index >= 15 is 0 Å². The summed E-state index contributed by atoms with van der Waals surface area (Å²) in [5, 5.41) is 5.97. The van der Waals surface area contributed by atoms with Crippen molar-refractivity contribution in [2.24, 2.45) is 9.98 Å². The summed E-state index contributed by atoms with van der Waals surface area (Å²) in [6.07, 6.45) is 9.51. The number of carbonyl (C=O) groups is 4. The molecule has 2 aliphatic rings. The molecule has 2 N–H and O–H groups in total. The first kappa shape index (κ1) is 43.5. The molecule has 2 aromatic rings. The summed E-state index contributed by atoms with van der Waals surface area (Å²) in [5.74, 6) is 0.768. The van der Waals surface area contributed by atoms with Crippen LogP contribution in [0.1, 0.15) is 68.1 Å². The smallest absolute Gasteiger partial charge is 0.366 e. The molecule has 14 heteroatoms. The molecular formula is C41H55N5O8S. The predicted molar refractivity (Wildman–Crippen MR) is 218 cm³/mol. The number of thioether (sulfide) groups is 1. The molecule has 1 fully saturated rings. The SMILES string of the molecule is C=NC(=O)N=C1CCSC1CCCCCC(=O)NCCOCCOCCOCCOCCC(=O)NCCC(=O)N1Cc2ccccc2/C=C\c2ccccc21. The molecule has 1 atom stereocenters. The number of nitrogens with one attached hydrogen (secondary N) is 2. The fourth-order valence-corrected chi connectivity index (χ4v) is 7.38. The Labute approximate surface area is 328 Å². The molecule has 0 aromatic heterocycles. The molecule has 0 bridgehead atoms. The van der Waals surface area contributed by atoms with Crippen LogP contribution in [0.25, 0.3) is 12.2 Å². The lowest BCUT2D eigenvalue weighted by Gasteiger charge is -2.27. The van der Waals surface area contributed by atoms with E-state index in [0.29, 0.717) is 65.8 Å². The Morgan fingerprint density at radius 1 is 0.727 bits per heavy atom. The Balaban J connectivity index is 0.905. The molecule has 5 amide bonds. The average molecular weight is 778 g/mol. The lowest BCUT2D eigenvalue weighted by molar-refractivity contribution is -0.123. The number of hydrogen-bond acceptors (Lipinski definition) is 9. The first-order valence-electron chi connectivity index (χ1n) is 19.1. The van der Waals surface area contributed by atoms with Gasteiger partial charge in [0.2, 0.25) is 17.7 Å². The fourth-order valence-electron chi connectivity index (χ4n) is 6.07. The Morgan fingerprint density at radius 3 is 2.13 bits per heavy atom. The molecule has 0 radical (unpaired) electrons. The molecule has 298 valence electrons. The van der Waals surface area contributed by atoms with Crippen molar-refractivity contribution in [1.82, 2.24) is 10.6 Å². The van der Waals surface area contributed by atoms with Crippen LogP contribution in [-0.2, 0) is 39.9 Å². The van der Waals surface area contributed by atoms with Crippen molar-refractivity contribution in [3.05, 3.63) is 65.2 Å². The maximum absolute atomic E-state index is 13.3. The van der Waals surface area contributed by atoms with Crippen LogP contribution in [0.3, 0.4) is 0 Å². The highest BCUT2D eigenvalue weighted by atomic mass is 32.2. The van der Waals surface area contributed by atoms with Gasteiger partial charge in [0.25, 0.3) is 0 Å². The van der Waals surface area contributed by atoms with Crippen molar-refractivity contribution in [1.29, 1.82) is 0 Å². The van der Waals surface area contributed by atoms with Crippen LogP contribution < -0.4 is 15.5 Å². The largest absolute Gasteiger partial charge is 0.379 e. The molecule has 0 aliphatic carbocycles. The highest BCUT2D eigenvalue weighted by Crippen LogP contribution is 2.30. The van der Waals surface area contributed by atoms with Gasteiger partial charge in [-0.3, -0.25) is 14.4 Å². The monoisotopic (exact) mass is 777 g/mol. The molecule has 13 nitrogen and oxygen atoms in total. The number of carbonyl (C=O) groups excluding carboxylic acids is 4. The van der Waals surface area contributed by atoms with Crippen LogP contribution in [0.5, 0.6) is 0 Å². The van der Waals surface area contributed by atoms with Gasteiger partial charge in [-0.15, -0.1) is 0 Å². The number of amides is 5. The van der Waals surface area contributed by atoms with Gasteiger partial charge in [0.15, 0.2) is 0 Å². The summed E-state index contributed by atoms with van der Waals surface area (Å²) in [4.78, 5) is 58.3. The number of para-hydroxylation sites is 1. The number of hydrogen-bond donors (Lipinski definition) is 2. The van der Waals surface area contributed by atoms with E-state index in [1.54, 1.807) is 4.90 Å². The van der Waals surface area contributed by atoms with Crippen LogP contribution in [0.15, 0.2) is 58.5 Å². The van der Waals surface area contributed by atoms with Gasteiger partial charge in [0, 0.05) is 43.3 Å². The fraction of sp³-hybridized carbons (Fsp3) is 0.512. The van der Waals surface area contributed by atoms with Gasteiger partial charge < -0.3 is 34.5 Å². The van der Waals surface area contributed by atoms with Crippen molar-refractivity contribution in [3.8, 4) is 0 Å². The van der Waals surface area contributed by atoms with Crippen LogP contribution in [-0.4, -0.2) is 113 Å². The average Bonchev–Trinajstić information content (AvgIpc) is 3.63. The lowest BCUT2D eigenvalue weighted by atomic mass is 10.0. The number of aliphatic imine (C=N–C) groups is 2. The van der Waals surface area contributed by atoms with Gasteiger partial charge in [-0.05, 0) is 54.5 Å². The van der Waals surface area contributed by atoms with Gasteiger partial charge in [-0.25, -0.2) is 9.79 Å². The van der Waals surface area contributed by atoms with Gasteiger partial charge >= 0.3 is 6.03 Å². The Kier molecular flexibility index (Phi) is 20.4. The summed E-state index contributed by atoms with van der Waals surface area (Å²) in [6, 6.07) is 15.4. The number of unbranched alkanes of at least 4 members (excludes halogenated alkanes) is 2. The van der Waals surface area contributed by atoms with E-state index in [2.05, 4.69) is 33.4 Å². The third-order valence-electron chi connectivity index (χ3n) is 8.97. The topological polar surface area (TPSA) is 157 Å². The standard InChI is InChI=1S/C41H55N5O8S/c1-42-41(50)45-35-19-30-55-37(35)13-3-2-4-14-38(47)44-21-23-52-25-27-54-29-28-53-26-24-51-22-18-39(48)43-20-17-40(49)46-31-34-11-6-5-9-32(34)15-16-33-10-7-8-12-36(33)46/h5-12,15-16,37H,1-4,13-14,17-31H2,(H,43,48)(H,44,47)/b16-15-,45-35?. The zero-order chi connectivity index (χ0) is 38.9. The number of benzene rings is 2. The van der Waals surface area contributed by atoms with Crippen molar-refractivity contribution in [2.75, 3.05) is 76.6 Å². The second-order valence-corrected chi connectivity index (χ2v) is 14.3. The molecule has 2 aliphatic heterocycles. The Morgan fingerprint density at radius 2 is 1.36 bits per heavy atom. The number of nitrogens with zero attached hydrogens (tertiary/aromatic N) is 3. The van der Waals surface area contributed by atoms with Gasteiger partial charge in [0.1, 0.15) is 0 Å². The minimum absolute atomic E-state index is 0.0174. The molecular weight excluding hydrogens is 723 g/mol. The van der Waals surface area contributed by atoms with Crippen molar-refractivity contribution >= 4 is 65.8 Å². The molecule has 2 aromatic carbocycles. The first-order valence-corrected chi connectivity index (χ1v) is 20.2. The minimum Gasteiger partial charge on any atom is -0.379 e. The highest BCUT2D eigenvalue weighted by Gasteiger charge is 2.24. The predicted octanol–water partition coefficient (Wildman–Crippen LogP) is 5.50. The number of rotatable bonds is 24. The van der Waals surface area contributed by atoms with Crippen LogP contribution in [0, 0.1) is 0 Å². The number of ether oxygens (including phenoxy) is 4. The van der Waals surface area contributed by atoms with Crippen molar-refractivity contribution in [2.45, 2.75) is 63.2 Å². The molecule has 55 heavy (non-hydrogen) atoms. The minimum atomic E-state index is -0.516. The summed E-state index contributed by atoms with van der Waals surface area (Å²) in [6.45, 7) is 7.51. The normalized spacial score (nSPS) is 16.1. The van der Waals surface area contributed by atoms with Crippen molar-refractivity contribution in [3.63, 3.8) is 0 Å². The van der Waals surface area contributed by atoms with E-state index in [4.69, 9.17) is 18.9 Å². The maximum Gasteiger partial charge on any atom is 0.366 e. The molecule has 2 heterocycles. The highest BCUT2D eigenvalue weighted by molar-refractivity contribution is 8.01. The Hall–Kier alpha value is -4.21. The van der Waals surface area contributed by atoms with E-state index in [9.17, 15) is 19.2 Å². The van der Waals surface area contributed by atoms with Crippen LogP contribution in [0.2, 0.25) is 0 Å². The van der Waals surface area contributed by atoms with Crippen LogP contribution in [0.4, 0.5) is 10.5 Å². The number of fused-ring (bicyclic) bond motifs is 2. The summed E-state index contributed by atoms with van der Waals surface area (Å²) < 4.78 is 22.1. The second kappa shape index (κ2) is 25.8. The zero-order valence-electron chi connectivity index (χ0n) is 31.7. The summed E-state index contributed by atoms with van der Waals surface area (Å²) in [5.41, 5.74) is 4.89. The Bertz CT molecular complexity index is 1600. The first-order chi connectivity index (χ1) is 26.9. The third kappa shape index (κ3) is 16.6. The van der Waals surface area contributed by atoms with E-state index in [1.807, 2.05) is 66.4 Å². The second-order valence-electron chi connectivity index (χ2n) is 13.0. The quantitative estimate of drug-likeness (QED) is 0.104. The van der Waals surface area contributed by atoms with Crippen molar-refractivity contribution < 1.29 is 38.1 Å². The van der Waals surface area contributed by atoms with E-state index in [-0.39, 0.29) is 49.0 Å². The molecule has 0 saturated carbocycles. The number of urea groups is 1. The molecule has 0 spiro atoms. The zero-order valence-corrected chi connectivity index (χ0v) is 32.5. The van der Waals surface area contributed by atoms with E-state index in [0.717, 1.165) is 65.9 Å². The third-order valence-corrected chi connectivity index (χ3v) is 10.3. The molecule has 4 rings (SSSR count). The molecule has 1 unspecified atom stereocenters. The van der Waals surface area contributed by atoms with Gasteiger partial charge in [0.05, 0.1) is 65.1 Å². The van der Waals surface area contributed by atoms with Crippen LogP contribution >= 0.6 is 11.8 Å². The number of anilines is 1. The lowest BCUT2D eigenvalue weighted by Crippen LogP contribution is -2.35. The summed E-state index contributed by atoms with van der Waals surface area (Å²) >= 11 is 1.82. The van der Waals surface area contributed by atoms with E-state index < -0.39 is 6.03 Å². The molecule has 1 saturated heterocycles. The summed E-state index contributed by atoms with van der Waals surface area (Å²) in [7, 11) is 0.